The van der Waals surface area contributed by atoms with Crippen molar-refractivity contribution >= 4 is 11.5 Å². The number of benzene rings is 2. The van der Waals surface area contributed by atoms with Gasteiger partial charge in [-0.05, 0) is 65.6 Å². The molecule has 0 saturated heterocycles. The number of aliphatic hydroxyl groups excluding tert-OH is 3. The number of aliphatic imine (C=N–C) groups is 1. The van der Waals surface area contributed by atoms with Gasteiger partial charge in [0.25, 0.3) is 0 Å². The van der Waals surface area contributed by atoms with E-state index < -0.39 is 24.3 Å². The topological polar surface area (TPSA) is 175 Å². The molecular weight excluding hydrogens is 596 g/mol. The van der Waals surface area contributed by atoms with E-state index in [1.54, 1.807) is 18.2 Å². The first-order valence-corrected chi connectivity index (χ1v) is 16.9. The second-order valence-corrected chi connectivity index (χ2v) is 12.8. The normalized spacial score (nSPS) is 16.1. The van der Waals surface area contributed by atoms with Crippen LogP contribution in [0, 0.1) is 5.92 Å². The number of rotatable bonds is 20. The number of carbonyl (C=O) groups excluding carboxylic acids is 1. The number of fused-ring (bicyclic) bond motifs is 1. The summed E-state index contributed by atoms with van der Waals surface area (Å²) in [5.74, 6) is -0.163. The summed E-state index contributed by atoms with van der Waals surface area (Å²) in [6, 6.07) is 10.7. The summed E-state index contributed by atoms with van der Waals surface area (Å²) in [5.41, 5.74) is 18.1. The molecule has 10 heteroatoms. The Morgan fingerprint density at radius 2 is 1.85 bits per heavy atom. The number of carbonyl (C=O) groups is 1. The average Bonchev–Trinajstić information content (AvgIpc) is 3.63. The third kappa shape index (κ3) is 9.98. The fourth-order valence-electron chi connectivity index (χ4n) is 6.30. The largest absolute Gasteiger partial charge is 0.504 e. The lowest BCUT2D eigenvalue weighted by Gasteiger charge is -2.24. The van der Waals surface area contributed by atoms with Crippen molar-refractivity contribution in [2.24, 2.45) is 22.4 Å². The summed E-state index contributed by atoms with van der Waals surface area (Å²) in [6.45, 7) is 4.75. The van der Waals surface area contributed by atoms with Crippen molar-refractivity contribution in [1.29, 1.82) is 0 Å². The molecule has 256 valence electrons. The van der Waals surface area contributed by atoms with E-state index in [0.717, 1.165) is 64.8 Å². The molecule has 0 saturated carbocycles. The molecule has 0 aliphatic carbocycles. The molecular formula is C37H52N4O6. The lowest BCUT2D eigenvalue weighted by Crippen LogP contribution is -2.32. The minimum atomic E-state index is -0.861. The SMILES string of the molecule is CCCCCC(C(=O)CCc1ccc(O)c(OCN2C=C3C(Cc4cc(C(N)N)ccc4CO)=CN=C3C2)c1)C(O)CC(O)CCC. The van der Waals surface area contributed by atoms with Crippen LogP contribution in [0.4, 0.5) is 0 Å². The number of phenolic OH excluding ortho intramolecular Hbond substituents is 1. The number of allylic oxidation sites excluding steroid dienone is 1. The smallest absolute Gasteiger partial charge is 0.163 e. The lowest BCUT2D eigenvalue weighted by atomic mass is 9.85. The van der Waals surface area contributed by atoms with Crippen molar-refractivity contribution in [2.75, 3.05) is 13.3 Å². The van der Waals surface area contributed by atoms with E-state index in [4.69, 9.17) is 16.2 Å². The molecule has 0 aromatic heterocycles. The van der Waals surface area contributed by atoms with Crippen LogP contribution in [0.1, 0.15) is 93.6 Å². The Labute approximate surface area is 278 Å². The molecule has 0 spiro atoms. The summed E-state index contributed by atoms with van der Waals surface area (Å²) in [7, 11) is 0. The zero-order valence-corrected chi connectivity index (χ0v) is 27.8. The van der Waals surface area contributed by atoms with E-state index in [9.17, 15) is 25.2 Å². The van der Waals surface area contributed by atoms with Crippen LogP contribution in [0.15, 0.2) is 64.9 Å². The minimum Gasteiger partial charge on any atom is -0.504 e. The van der Waals surface area contributed by atoms with Gasteiger partial charge in [0, 0.05) is 36.7 Å². The molecule has 2 aromatic carbocycles. The zero-order valence-electron chi connectivity index (χ0n) is 27.8. The lowest BCUT2D eigenvalue weighted by molar-refractivity contribution is -0.127. The number of phenols is 1. The van der Waals surface area contributed by atoms with Gasteiger partial charge in [-0.2, -0.15) is 0 Å². The number of aromatic hydroxyl groups is 1. The summed E-state index contributed by atoms with van der Waals surface area (Å²) in [4.78, 5) is 19.9. The summed E-state index contributed by atoms with van der Waals surface area (Å²) < 4.78 is 6.03. The van der Waals surface area contributed by atoms with Crippen molar-refractivity contribution in [3.8, 4) is 11.5 Å². The molecule has 2 aromatic rings. The highest BCUT2D eigenvalue weighted by Gasteiger charge is 2.29. The number of ether oxygens (including phenoxy) is 1. The maximum atomic E-state index is 13.3. The Hall–Kier alpha value is -3.54. The minimum absolute atomic E-state index is 0.00332. The third-order valence-corrected chi connectivity index (χ3v) is 9.07. The molecule has 8 N–H and O–H groups in total. The molecule has 2 heterocycles. The maximum absolute atomic E-state index is 13.3. The van der Waals surface area contributed by atoms with Gasteiger partial charge in [0.05, 0.1) is 37.2 Å². The van der Waals surface area contributed by atoms with Gasteiger partial charge < -0.3 is 41.5 Å². The number of hydrogen-bond donors (Lipinski definition) is 6. The first kappa shape index (κ1) is 36.3. The Bertz CT molecular complexity index is 1450. The first-order chi connectivity index (χ1) is 22.6. The van der Waals surface area contributed by atoms with Crippen molar-refractivity contribution in [3.05, 3.63) is 82.2 Å². The van der Waals surface area contributed by atoms with Gasteiger partial charge in [-0.3, -0.25) is 9.79 Å². The number of aliphatic hydroxyl groups is 3. The van der Waals surface area contributed by atoms with Crippen molar-refractivity contribution in [2.45, 2.75) is 103 Å². The second-order valence-electron chi connectivity index (χ2n) is 12.8. The Morgan fingerprint density at radius 1 is 1.04 bits per heavy atom. The van der Waals surface area contributed by atoms with Crippen LogP contribution >= 0.6 is 0 Å². The number of Topliss-reactive ketones (excluding diaryl/α,β-unsaturated/α-hetero) is 1. The molecule has 4 rings (SSSR count). The first-order valence-electron chi connectivity index (χ1n) is 16.9. The average molecular weight is 649 g/mol. The molecule has 0 bridgehead atoms. The molecule has 3 unspecified atom stereocenters. The standard InChI is InChI=1S/C37H52N4O6/c1-3-5-6-8-30(35(46)18-29(43)7-4-2)33(44)13-9-24-10-14-34(45)36(15-24)47-23-41-20-31-28(19-40-32(31)21-41)17-27-16-25(37(38)39)11-12-26(27)22-42/h10-12,14-16,19-20,29-30,35,37,42-43,45-46H,3-9,13,17-18,21-23,38-39H2,1-2H3. The van der Waals surface area contributed by atoms with Crippen LogP contribution < -0.4 is 16.2 Å². The maximum Gasteiger partial charge on any atom is 0.163 e. The molecule has 47 heavy (non-hydrogen) atoms. The Morgan fingerprint density at radius 3 is 2.57 bits per heavy atom. The molecule has 3 atom stereocenters. The van der Waals surface area contributed by atoms with Crippen molar-refractivity contribution in [3.63, 3.8) is 0 Å². The highest BCUT2D eigenvalue weighted by molar-refractivity contribution is 6.09. The van der Waals surface area contributed by atoms with Crippen molar-refractivity contribution in [1.82, 2.24) is 4.90 Å². The van der Waals surface area contributed by atoms with E-state index in [1.165, 1.54) is 0 Å². The Balaban J connectivity index is 1.35. The number of nitrogens with two attached hydrogens (primary N) is 2. The van der Waals surface area contributed by atoms with Gasteiger partial charge in [-0.15, -0.1) is 0 Å². The van der Waals surface area contributed by atoms with E-state index in [0.29, 0.717) is 38.0 Å². The Kier molecular flexibility index (Phi) is 13.6. The monoisotopic (exact) mass is 648 g/mol. The summed E-state index contributed by atoms with van der Waals surface area (Å²) >= 11 is 0. The number of aryl methyl sites for hydroxylation is 1. The fraction of sp³-hybridized carbons (Fsp3) is 0.514. The number of nitrogens with zero attached hydrogens (tertiary/aromatic N) is 2. The summed E-state index contributed by atoms with van der Waals surface area (Å²) in [5, 5.41) is 41.5. The molecule has 2 aliphatic rings. The van der Waals surface area contributed by atoms with Crippen LogP contribution in [0.5, 0.6) is 11.5 Å². The fourth-order valence-corrected chi connectivity index (χ4v) is 6.30. The van der Waals surface area contributed by atoms with Gasteiger partial charge >= 0.3 is 0 Å². The number of ketones is 1. The van der Waals surface area contributed by atoms with Crippen LogP contribution in [0.25, 0.3) is 0 Å². The zero-order chi connectivity index (χ0) is 33.9. The van der Waals surface area contributed by atoms with Crippen LogP contribution in [-0.4, -0.2) is 62.3 Å². The van der Waals surface area contributed by atoms with E-state index in [1.807, 2.05) is 42.4 Å². The highest BCUT2D eigenvalue weighted by Crippen LogP contribution is 2.32. The van der Waals surface area contributed by atoms with E-state index >= 15 is 0 Å². The van der Waals surface area contributed by atoms with Crippen molar-refractivity contribution < 1.29 is 30.0 Å². The second kappa shape index (κ2) is 17.6. The molecule has 10 nitrogen and oxygen atoms in total. The van der Waals surface area contributed by atoms with E-state index in [-0.39, 0.29) is 37.7 Å². The van der Waals surface area contributed by atoms with Crippen LogP contribution in [0.3, 0.4) is 0 Å². The molecule has 2 aliphatic heterocycles. The van der Waals surface area contributed by atoms with Gasteiger partial charge in [0.2, 0.25) is 0 Å². The van der Waals surface area contributed by atoms with Crippen LogP contribution in [-0.2, 0) is 24.2 Å². The quantitative estimate of drug-likeness (QED) is 0.0890. The van der Waals surface area contributed by atoms with Crippen LogP contribution in [0.2, 0.25) is 0 Å². The predicted octanol–water partition coefficient (Wildman–Crippen LogP) is 4.53. The van der Waals surface area contributed by atoms with E-state index in [2.05, 4.69) is 11.9 Å². The number of hydrogen-bond acceptors (Lipinski definition) is 10. The van der Waals surface area contributed by atoms with Gasteiger partial charge in [-0.1, -0.05) is 63.8 Å². The van der Waals surface area contributed by atoms with Gasteiger partial charge in [-0.25, -0.2) is 0 Å². The molecule has 0 fully saturated rings. The predicted molar refractivity (Wildman–Crippen MR) is 184 cm³/mol. The van der Waals surface area contributed by atoms with Gasteiger partial charge in [0.15, 0.2) is 18.2 Å². The molecule has 0 radical (unpaired) electrons. The van der Waals surface area contributed by atoms with Gasteiger partial charge in [0.1, 0.15) is 5.78 Å². The molecule has 0 amide bonds. The highest BCUT2D eigenvalue weighted by atomic mass is 16.5. The third-order valence-electron chi connectivity index (χ3n) is 9.07. The number of unbranched alkanes of at least 4 members (excludes halogenated alkanes) is 2. The summed E-state index contributed by atoms with van der Waals surface area (Å²) in [6.07, 6.45) is 8.19.